The van der Waals surface area contributed by atoms with E-state index in [9.17, 15) is 8.42 Å². The molecule has 0 unspecified atom stereocenters. The second-order valence-corrected chi connectivity index (χ2v) is 8.23. The molecule has 0 aliphatic carbocycles. The highest BCUT2D eigenvalue weighted by atomic mass is 32.2. The largest absolute Gasteiger partial charge is 0.320 e. The second kappa shape index (κ2) is 6.38. The van der Waals surface area contributed by atoms with Gasteiger partial charge in [-0.25, -0.2) is 0 Å². The third-order valence-electron chi connectivity index (χ3n) is 3.55. The number of benzene rings is 1. The summed E-state index contributed by atoms with van der Waals surface area (Å²) in [5.74, 6) is 0.355. The highest BCUT2D eigenvalue weighted by molar-refractivity contribution is 7.90. The molecule has 2 aromatic rings. The van der Waals surface area contributed by atoms with Crippen LogP contribution in [-0.4, -0.2) is 13.0 Å². The average molecular weight is 338 g/mol. The molecule has 120 valence electrons. The van der Waals surface area contributed by atoms with Gasteiger partial charge in [0.05, 0.1) is 4.90 Å². The van der Waals surface area contributed by atoms with E-state index in [1.807, 2.05) is 25.3 Å². The first-order valence-corrected chi connectivity index (χ1v) is 9.59. The molecule has 1 heterocycles. The Morgan fingerprint density at radius 2 is 1.77 bits per heavy atom. The Labute approximate surface area is 136 Å². The fraction of sp³-hybridized carbons (Fsp3) is 0.438. The first-order chi connectivity index (χ1) is 10.3. The normalized spacial score (nSPS) is 13.1. The van der Waals surface area contributed by atoms with Gasteiger partial charge in [0, 0.05) is 17.1 Å². The summed E-state index contributed by atoms with van der Waals surface area (Å²) in [5, 5.41) is 0. The molecular formula is C16H22N2O2S2. The summed E-state index contributed by atoms with van der Waals surface area (Å²) in [4.78, 5) is 1.96. The number of nitrogens with zero attached hydrogens (tertiary/aromatic N) is 2. The van der Waals surface area contributed by atoms with Crippen molar-refractivity contribution in [3.63, 3.8) is 0 Å². The van der Waals surface area contributed by atoms with Crippen molar-refractivity contribution in [2.45, 2.75) is 52.0 Å². The second-order valence-electron chi connectivity index (χ2n) is 5.61. The first-order valence-electron chi connectivity index (χ1n) is 7.34. The summed E-state index contributed by atoms with van der Waals surface area (Å²) in [5.41, 5.74) is 2.12. The zero-order chi connectivity index (χ0) is 16.5. The van der Waals surface area contributed by atoms with Gasteiger partial charge in [0.2, 0.25) is 4.80 Å². The molecule has 22 heavy (non-hydrogen) atoms. The molecule has 0 saturated carbocycles. The Balaban J connectivity index is 2.62. The van der Waals surface area contributed by atoms with E-state index in [0.29, 0.717) is 17.3 Å². The number of thiazole rings is 1. The van der Waals surface area contributed by atoms with Crippen molar-refractivity contribution in [1.29, 1.82) is 0 Å². The van der Waals surface area contributed by atoms with E-state index in [2.05, 4.69) is 18.2 Å². The fourth-order valence-electron chi connectivity index (χ4n) is 2.35. The number of aryl methyl sites for hydroxylation is 1. The minimum absolute atomic E-state index is 0.234. The van der Waals surface area contributed by atoms with E-state index in [-0.39, 0.29) is 4.90 Å². The summed E-state index contributed by atoms with van der Waals surface area (Å²) in [6.07, 6.45) is 0. The molecule has 0 spiro atoms. The van der Waals surface area contributed by atoms with Crippen molar-refractivity contribution in [3.05, 3.63) is 45.2 Å². The van der Waals surface area contributed by atoms with Crippen molar-refractivity contribution in [3.8, 4) is 0 Å². The molecular weight excluding hydrogens is 316 g/mol. The van der Waals surface area contributed by atoms with Gasteiger partial charge in [0.25, 0.3) is 10.0 Å². The SMILES string of the molecule is CCn1c(C)c(C(C)C)s/c1=N\S(=O)(=O)c1ccc(C)cc1. The lowest BCUT2D eigenvalue weighted by atomic mass is 10.1. The van der Waals surface area contributed by atoms with Gasteiger partial charge in [-0.3, -0.25) is 0 Å². The highest BCUT2D eigenvalue weighted by Gasteiger charge is 2.16. The van der Waals surface area contributed by atoms with Crippen molar-refractivity contribution < 1.29 is 8.42 Å². The Kier molecular flexibility index (Phi) is 4.92. The molecule has 0 aliphatic heterocycles. The van der Waals surface area contributed by atoms with Crippen molar-refractivity contribution in [2.75, 3.05) is 0 Å². The average Bonchev–Trinajstić information content (AvgIpc) is 2.74. The van der Waals surface area contributed by atoms with Gasteiger partial charge in [-0.05, 0) is 38.8 Å². The third-order valence-corrected chi connectivity index (χ3v) is 6.43. The molecule has 0 fully saturated rings. The molecule has 4 nitrogen and oxygen atoms in total. The van der Waals surface area contributed by atoms with Crippen molar-refractivity contribution >= 4 is 21.4 Å². The van der Waals surface area contributed by atoms with E-state index in [4.69, 9.17) is 0 Å². The van der Waals surface area contributed by atoms with E-state index in [0.717, 1.165) is 11.3 Å². The van der Waals surface area contributed by atoms with Crippen LogP contribution in [0.25, 0.3) is 0 Å². The van der Waals surface area contributed by atoms with Crippen LogP contribution in [0.5, 0.6) is 0 Å². The van der Waals surface area contributed by atoms with E-state index < -0.39 is 10.0 Å². The molecule has 0 bridgehead atoms. The minimum Gasteiger partial charge on any atom is -0.320 e. The molecule has 0 radical (unpaired) electrons. The van der Waals surface area contributed by atoms with Gasteiger partial charge in [0.15, 0.2) is 0 Å². The maximum atomic E-state index is 12.5. The maximum Gasteiger partial charge on any atom is 0.285 e. The predicted molar refractivity (Wildman–Crippen MR) is 90.7 cm³/mol. The van der Waals surface area contributed by atoms with E-state index in [1.165, 1.54) is 16.2 Å². The van der Waals surface area contributed by atoms with Gasteiger partial charge in [-0.1, -0.05) is 31.5 Å². The quantitative estimate of drug-likeness (QED) is 0.855. The zero-order valence-corrected chi connectivity index (χ0v) is 15.3. The highest BCUT2D eigenvalue weighted by Crippen LogP contribution is 2.22. The van der Waals surface area contributed by atoms with Gasteiger partial charge in [-0.15, -0.1) is 15.7 Å². The number of rotatable bonds is 4. The monoisotopic (exact) mass is 338 g/mol. The summed E-state index contributed by atoms with van der Waals surface area (Å²) in [7, 11) is -3.68. The molecule has 1 aromatic carbocycles. The molecule has 2 rings (SSSR count). The summed E-state index contributed by atoms with van der Waals surface area (Å²) in [6, 6.07) is 6.79. The molecule has 6 heteroatoms. The smallest absolute Gasteiger partial charge is 0.285 e. The Morgan fingerprint density at radius 1 is 1.18 bits per heavy atom. The van der Waals surface area contributed by atoms with Crippen LogP contribution in [0, 0.1) is 13.8 Å². The number of hydrogen-bond donors (Lipinski definition) is 0. The number of aromatic nitrogens is 1. The lowest BCUT2D eigenvalue weighted by molar-refractivity contribution is 0.595. The van der Waals surface area contributed by atoms with Gasteiger partial charge in [0.1, 0.15) is 0 Å². The molecule has 0 aliphatic rings. The first kappa shape index (κ1) is 17.0. The standard InChI is InChI=1S/C16H22N2O2S2/c1-6-18-13(5)15(11(2)3)21-16(18)17-22(19,20)14-9-7-12(4)8-10-14/h7-11H,6H2,1-5H3/b17-16-. The Bertz CT molecular complexity index is 826. The van der Waals surface area contributed by atoms with E-state index in [1.54, 1.807) is 24.3 Å². The van der Waals surface area contributed by atoms with Crippen molar-refractivity contribution in [2.24, 2.45) is 4.40 Å². The van der Waals surface area contributed by atoms with Crippen LogP contribution in [0.2, 0.25) is 0 Å². The molecule has 1 aromatic heterocycles. The van der Waals surface area contributed by atoms with E-state index >= 15 is 0 Å². The zero-order valence-electron chi connectivity index (χ0n) is 13.6. The fourth-order valence-corrected chi connectivity index (χ4v) is 4.75. The molecule has 0 saturated heterocycles. The van der Waals surface area contributed by atoms with Gasteiger partial charge in [-0.2, -0.15) is 8.42 Å². The van der Waals surface area contributed by atoms with Crippen LogP contribution >= 0.6 is 11.3 Å². The van der Waals surface area contributed by atoms with Crippen LogP contribution in [0.15, 0.2) is 33.6 Å². The lowest BCUT2D eigenvalue weighted by Gasteiger charge is -2.05. The van der Waals surface area contributed by atoms with Crippen molar-refractivity contribution in [1.82, 2.24) is 4.57 Å². The van der Waals surface area contributed by atoms with Crippen LogP contribution in [0.3, 0.4) is 0 Å². The third kappa shape index (κ3) is 3.33. The molecule has 0 amide bonds. The summed E-state index contributed by atoms with van der Waals surface area (Å²) >= 11 is 1.46. The maximum absolute atomic E-state index is 12.5. The summed E-state index contributed by atoms with van der Waals surface area (Å²) in [6.45, 7) is 10.9. The molecule has 0 atom stereocenters. The predicted octanol–water partition coefficient (Wildman–Crippen LogP) is 3.60. The number of hydrogen-bond acceptors (Lipinski definition) is 3. The van der Waals surface area contributed by atoms with Gasteiger partial charge < -0.3 is 4.57 Å². The van der Waals surface area contributed by atoms with Gasteiger partial charge >= 0.3 is 0 Å². The Morgan fingerprint density at radius 3 is 2.27 bits per heavy atom. The topological polar surface area (TPSA) is 51.4 Å². The number of sulfonamides is 1. The van der Waals surface area contributed by atoms with Crippen LogP contribution in [-0.2, 0) is 16.6 Å². The minimum atomic E-state index is -3.68. The molecule has 0 N–H and O–H groups in total. The summed E-state index contributed by atoms with van der Waals surface area (Å²) < 4.78 is 31.0. The lowest BCUT2D eigenvalue weighted by Crippen LogP contribution is -2.17. The Hall–Kier alpha value is -1.40. The van der Waals surface area contributed by atoms with Crippen LogP contribution < -0.4 is 4.80 Å². The van der Waals surface area contributed by atoms with Crippen LogP contribution in [0.4, 0.5) is 0 Å². The van der Waals surface area contributed by atoms with Crippen LogP contribution in [0.1, 0.15) is 42.8 Å².